The van der Waals surface area contributed by atoms with E-state index in [1.807, 2.05) is 0 Å². The number of esters is 1. The lowest BCUT2D eigenvalue weighted by molar-refractivity contribution is 0.0597. The highest BCUT2D eigenvalue weighted by atomic mass is 16.5. The van der Waals surface area contributed by atoms with Gasteiger partial charge in [-0.25, -0.2) is 9.59 Å². The zero-order valence-corrected chi connectivity index (χ0v) is 11.8. The Balaban J connectivity index is 3.29. The fourth-order valence-electron chi connectivity index (χ4n) is 1.61. The Kier molecular flexibility index (Phi) is 5.64. The normalized spacial score (nSPS) is 9.60. The maximum atomic E-state index is 11.9. The summed E-state index contributed by atoms with van der Waals surface area (Å²) in [6.45, 7) is 1.89. The predicted octanol–water partition coefficient (Wildman–Crippen LogP) is 2.06. The van der Waals surface area contributed by atoms with E-state index in [0.29, 0.717) is 5.75 Å². The zero-order chi connectivity index (χ0) is 15.1. The molecule has 0 saturated heterocycles. The molecule has 0 aromatic heterocycles. The van der Waals surface area contributed by atoms with Crippen molar-refractivity contribution in [3.8, 4) is 11.5 Å². The SMILES string of the molecule is CCOC(=O)Nc1ccc(OC)c(OC)c1C(=O)OC. The summed E-state index contributed by atoms with van der Waals surface area (Å²) < 4.78 is 19.7. The van der Waals surface area contributed by atoms with Crippen molar-refractivity contribution in [3.63, 3.8) is 0 Å². The highest BCUT2D eigenvalue weighted by molar-refractivity contribution is 6.03. The average molecular weight is 283 g/mol. The van der Waals surface area contributed by atoms with Gasteiger partial charge in [-0.05, 0) is 19.1 Å². The van der Waals surface area contributed by atoms with Crippen LogP contribution in [0.15, 0.2) is 12.1 Å². The number of hydrogen-bond donors (Lipinski definition) is 1. The number of benzene rings is 1. The molecule has 0 aliphatic carbocycles. The van der Waals surface area contributed by atoms with Crippen LogP contribution in [-0.2, 0) is 9.47 Å². The van der Waals surface area contributed by atoms with Crippen molar-refractivity contribution in [2.24, 2.45) is 0 Å². The van der Waals surface area contributed by atoms with Crippen molar-refractivity contribution in [3.05, 3.63) is 17.7 Å². The number of hydrogen-bond acceptors (Lipinski definition) is 6. The number of ether oxygens (including phenoxy) is 4. The Labute approximate surface area is 116 Å². The number of amides is 1. The average Bonchev–Trinajstić information content (AvgIpc) is 2.45. The summed E-state index contributed by atoms with van der Waals surface area (Å²) in [6, 6.07) is 3.07. The van der Waals surface area contributed by atoms with Gasteiger partial charge in [0, 0.05) is 0 Å². The van der Waals surface area contributed by atoms with E-state index in [-0.39, 0.29) is 23.6 Å². The van der Waals surface area contributed by atoms with Crippen LogP contribution < -0.4 is 14.8 Å². The molecule has 1 rings (SSSR count). The van der Waals surface area contributed by atoms with E-state index in [9.17, 15) is 9.59 Å². The van der Waals surface area contributed by atoms with E-state index >= 15 is 0 Å². The molecule has 1 aromatic rings. The predicted molar refractivity (Wildman–Crippen MR) is 71.5 cm³/mol. The van der Waals surface area contributed by atoms with Crippen LogP contribution >= 0.6 is 0 Å². The zero-order valence-electron chi connectivity index (χ0n) is 11.8. The van der Waals surface area contributed by atoms with Gasteiger partial charge >= 0.3 is 12.1 Å². The molecule has 110 valence electrons. The van der Waals surface area contributed by atoms with Crippen LogP contribution in [0.3, 0.4) is 0 Å². The summed E-state index contributed by atoms with van der Waals surface area (Å²) in [4.78, 5) is 23.3. The van der Waals surface area contributed by atoms with Crippen LogP contribution in [0.2, 0.25) is 0 Å². The lowest BCUT2D eigenvalue weighted by Crippen LogP contribution is -2.17. The number of carbonyl (C=O) groups is 2. The van der Waals surface area contributed by atoms with Gasteiger partial charge in [-0.2, -0.15) is 0 Å². The van der Waals surface area contributed by atoms with Crippen molar-refractivity contribution >= 4 is 17.7 Å². The minimum Gasteiger partial charge on any atom is -0.493 e. The highest BCUT2D eigenvalue weighted by Crippen LogP contribution is 2.36. The van der Waals surface area contributed by atoms with E-state index in [0.717, 1.165) is 0 Å². The lowest BCUT2D eigenvalue weighted by Gasteiger charge is -2.15. The Morgan fingerprint density at radius 1 is 1.15 bits per heavy atom. The van der Waals surface area contributed by atoms with Crippen LogP contribution in [0.25, 0.3) is 0 Å². The van der Waals surface area contributed by atoms with Crippen molar-refractivity contribution in [1.82, 2.24) is 0 Å². The van der Waals surface area contributed by atoms with Gasteiger partial charge < -0.3 is 18.9 Å². The molecular weight excluding hydrogens is 266 g/mol. The number of anilines is 1. The standard InChI is InChI=1S/C13H17NO6/c1-5-20-13(16)14-8-6-7-9(17-2)11(18-3)10(8)12(15)19-4/h6-7H,5H2,1-4H3,(H,14,16). The minimum atomic E-state index is -0.676. The Hall–Kier alpha value is -2.44. The summed E-state index contributed by atoms with van der Waals surface area (Å²) in [5.41, 5.74) is 0.273. The molecule has 0 aliphatic heterocycles. The number of rotatable bonds is 5. The third kappa shape index (κ3) is 3.31. The molecule has 1 N–H and O–H groups in total. The van der Waals surface area contributed by atoms with Gasteiger partial charge in [0.1, 0.15) is 5.56 Å². The van der Waals surface area contributed by atoms with E-state index < -0.39 is 12.1 Å². The first-order chi connectivity index (χ1) is 9.58. The van der Waals surface area contributed by atoms with Crippen LogP contribution in [-0.4, -0.2) is 40.0 Å². The molecule has 0 radical (unpaired) electrons. The number of carbonyl (C=O) groups excluding carboxylic acids is 2. The van der Waals surface area contributed by atoms with Gasteiger partial charge in [-0.15, -0.1) is 0 Å². The second-order valence-corrected chi connectivity index (χ2v) is 3.56. The van der Waals surface area contributed by atoms with Gasteiger partial charge in [0.25, 0.3) is 0 Å². The van der Waals surface area contributed by atoms with Crippen LogP contribution in [0.4, 0.5) is 10.5 Å². The molecule has 0 fully saturated rings. The number of nitrogens with one attached hydrogen (secondary N) is 1. The summed E-state index contributed by atoms with van der Waals surface area (Å²) in [6.07, 6.45) is -0.676. The van der Waals surface area contributed by atoms with Crippen molar-refractivity contribution in [2.45, 2.75) is 6.92 Å². The largest absolute Gasteiger partial charge is 0.493 e. The molecule has 0 unspecified atom stereocenters. The van der Waals surface area contributed by atoms with Crippen molar-refractivity contribution in [2.75, 3.05) is 33.3 Å². The molecule has 1 amide bonds. The smallest absolute Gasteiger partial charge is 0.411 e. The molecule has 0 aliphatic rings. The molecule has 7 heteroatoms. The molecule has 7 nitrogen and oxygen atoms in total. The monoisotopic (exact) mass is 283 g/mol. The Bertz CT molecular complexity index is 500. The van der Waals surface area contributed by atoms with Crippen LogP contribution in [0.5, 0.6) is 11.5 Å². The van der Waals surface area contributed by atoms with Crippen LogP contribution in [0, 0.1) is 0 Å². The Morgan fingerprint density at radius 3 is 2.35 bits per heavy atom. The summed E-state index contributed by atoms with van der Waals surface area (Å²) in [5, 5.41) is 2.46. The van der Waals surface area contributed by atoms with E-state index in [4.69, 9.17) is 18.9 Å². The fourth-order valence-corrected chi connectivity index (χ4v) is 1.61. The topological polar surface area (TPSA) is 83.1 Å². The van der Waals surface area contributed by atoms with Gasteiger partial charge in [-0.1, -0.05) is 0 Å². The third-order valence-corrected chi connectivity index (χ3v) is 2.45. The van der Waals surface area contributed by atoms with Gasteiger partial charge in [0.15, 0.2) is 11.5 Å². The molecule has 20 heavy (non-hydrogen) atoms. The first-order valence-corrected chi connectivity index (χ1v) is 5.86. The molecule has 0 atom stereocenters. The number of methoxy groups -OCH3 is 3. The van der Waals surface area contributed by atoms with E-state index in [2.05, 4.69) is 5.32 Å². The maximum Gasteiger partial charge on any atom is 0.411 e. The van der Waals surface area contributed by atoms with Crippen molar-refractivity contribution < 1.29 is 28.5 Å². The quantitative estimate of drug-likeness (QED) is 0.833. The molecule has 1 aromatic carbocycles. The highest BCUT2D eigenvalue weighted by Gasteiger charge is 2.23. The van der Waals surface area contributed by atoms with Gasteiger partial charge in [-0.3, -0.25) is 5.32 Å². The second kappa shape index (κ2) is 7.22. The molecule has 0 bridgehead atoms. The summed E-state index contributed by atoms with van der Waals surface area (Å²) in [7, 11) is 4.06. The lowest BCUT2D eigenvalue weighted by atomic mass is 10.1. The molecule has 0 heterocycles. The molecular formula is C13H17NO6. The van der Waals surface area contributed by atoms with E-state index in [1.165, 1.54) is 27.4 Å². The minimum absolute atomic E-state index is 0.0578. The fraction of sp³-hybridized carbons (Fsp3) is 0.385. The van der Waals surface area contributed by atoms with E-state index in [1.54, 1.807) is 13.0 Å². The van der Waals surface area contributed by atoms with Gasteiger partial charge in [0.05, 0.1) is 33.6 Å². The van der Waals surface area contributed by atoms with Crippen LogP contribution in [0.1, 0.15) is 17.3 Å². The second-order valence-electron chi connectivity index (χ2n) is 3.56. The molecule has 0 saturated carbocycles. The first-order valence-electron chi connectivity index (χ1n) is 5.86. The first kappa shape index (κ1) is 15.6. The van der Waals surface area contributed by atoms with Gasteiger partial charge in [0.2, 0.25) is 0 Å². The summed E-state index contributed by atoms with van der Waals surface area (Å²) in [5.74, 6) is -0.136. The Morgan fingerprint density at radius 2 is 1.85 bits per heavy atom. The molecule has 0 spiro atoms. The third-order valence-electron chi connectivity index (χ3n) is 2.45. The maximum absolute atomic E-state index is 11.9. The summed E-state index contributed by atoms with van der Waals surface area (Å²) >= 11 is 0. The van der Waals surface area contributed by atoms with Crippen molar-refractivity contribution in [1.29, 1.82) is 0 Å².